The molecule has 0 spiro atoms. The van der Waals surface area contributed by atoms with E-state index in [-0.39, 0.29) is 57.2 Å². The van der Waals surface area contributed by atoms with E-state index in [1.54, 1.807) is 26.1 Å². The number of aliphatic carboxylic acids is 1. The molecule has 5 aromatic rings. The number of nitrogens with one attached hydrogen (secondary N) is 10. The Labute approximate surface area is 470 Å². The van der Waals surface area contributed by atoms with Crippen molar-refractivity contribution in [2.75, 3.05) is 13.1 Å². The summed E-state index contributed by atoms with van der Waals surface area (Å²) < 4.78 is 0. The van der Waals surface area contributed by atoms with E-state index < -0.39 is 126 Å². The van der Waals surface area contributed by atoms with E-state index in [2.05, 4.69) is 62.1 Å². The highest BCUT2D eigenvalue weighted by atomic mass is 16.4. The van der Waals surface area contributed by atoms with Crippen LogP contribution in [-0.2, 0) is 73.6 Å². The number of aliphatic hydroxyl groups is 1. The quantitative estimate of drug-likeness (QED) is 0.0230. The zero-order chi connectivity index (χ0) is 59.6. The average molecular weight is 1140 g/mol. The topological polar surface area (TPSA) is 444 Å². The van der Waals surface area contributed by atoms with Gasteiger partial charge in [-0.25, -0.2) is 14.8 Å². The number of likely N-dealkylation sites (tertiary alicyclic amines) is 1. The van der Waals surface area contributed by atoms with Gasteiger partial charge in [0, 0.05) is 79.5 Å². The molecule has 0 aliphatic carbocycles. The molecule has 0 radical (unpaired) electrons. The Morgan fingerprint density at radius 1 is 0.720 bits per heavy atom. The maximum Gasteiger partial charge on any atom is 0.328 e. The van der Waals surface area contributed by atoms with Crippen molar-refractivity contribution in [2.24, 2.45) is 17.4 Å². The van der Waals surface area contributed by atoms with Crippen molar-refractivity contribution in [2.45, 2.75) is 133 Å². The third-order valence-corrected chi connectivity index (χ3v) is 14.1. The van der Waals surface area contributed by atoms with Crippen LogP contribution < -0.4 is 48.7 Å². The van der Waals surface area contributed by atoms with Crippen LogP contribution in [0.4, 0.5) is 0 Å². The molecule has 28 heteroatoms. The summed E-state index contributed by atoms with van der Waals surface area (Å²) in [4.78, 5) is 154. The number of rotatable bonds is 30. The molecular formula is C54H71N15O13. The molecule has 3 aromatic heterocycles. The molecule has 4 heterocycles. The molecule has 0 bridgehead atoms. The molecule has 440 valence electrons. The summed E-state index contributed by atoms with van der Waals surface area (Å²) >= 11 is 0. The van der Waals surface area contributed by atoms with Gasteiger partial charge in [0.25, 0.3) is 0 Å². The highest BCUT2D eigenvalue weighted by molar-refractivity contribution is 5.98. The Kier molecular flexibility index (Phi) is 22.2. The zero-order valence-corrected chi connectivity index (χ0v) is 45.5. The predicted octanol–water partition coefficient (Wildman–Crippen LogP) is -2.29. The highest BCUT2D eigenvalue weighted by Crippen LogP contribution is 2.24. The maximum absolute atomic E-state index is 14.5. The molecule has 2 aromatic carbocycles. The molecule has 1 fully saturated rings. The number of phenols is 1. The number of para-hydroxylation sites is 1. The number of fused-ring (bicyclic) bond motifs is 1. The number of hydrogen-bond acceptors (Lipinski definition) is 15. The summed E-state index contributed by atoms with van der Waals surface area (Å²) in [5.41, 5.74) is 13.9. The van der Waals surface area contributed by atoms with Crippen LogP contribution in [0.15, 0.2) is 79.8 Å². The first kappa shape index (κ1) is 62.0. The van der Waals surface area contributed by atoms with Gasteiger partial charge in [-0.1, -0.05) is 50.6 Å². The number of imidazole rings is 2. The van der Waals surface area contributed by atoms with Gasteiger partial charge >= 0.3 is 5.97 Å². The minimum Gasteiger partial charge on any atom is -0.508 e. The number of carboxylic acid groups (broad SMARTS) is 1. The molecule has 0 saturated carbocycles. The summed E-state index contributed by atoms with van der Waals surface area (Å²) in [6.45, 7) is 4.10. The fourth-order valence-electron chi connectivity index (χ4n) is 9.30. The number of aromatic nitrogens is 5. The van der Waals surface area contributed by atoms with Crippen molar-refractivity contribution in [1.29, 1.82) is 0 Å². The number of amides is 9. The van der Waals surface area contributed by atoms with Crippen LogP contribution in [0.5, 0.6) is 5.75 Å². The van der Waals surface area contributed by atoms with E-state index in [4.69, 9.17) is 11.5 Å². The first-order chi connectivity index (χ1) is 39.1. The van der Waals surface area contributed by atoms with Crippen molar-refractivity contribution in [3.05, 3.63) is 102 Å². The number of phenolic OH excluding ortho intramolecular Hbond substituents is 1. The third-order valence-electron chi connectivity index (χ3n) is 14.1. The minimum atomic E-state index is -1.70. The third kappa shape index (κ3) is 17.4. The molecule has 17 N–H and O–H groups in total. The number of nitrogens with zero attached hydrogens (tertiary/aromatic N) is 3. The standard InChI is InChI=1S/C54H71N15O13/c1-4-28(2)45(53(80)69-17-7-10-42(69)52(79)66-39(51(78)68-46(29(3)70)54(81)82)19-31-22-59-37-9-6-5-8-35(31)37)67-44(73)25-60-48(75)38(18-30-11-13-34(71)14-12-30)64-50(77)41(21-33-24-58-27-62-33)65-49(76)40(20-32-23-57-26-61-32)63-47(74)36(55)15-16-43(56)72/h5-6,8-9,11-14,22-24,26-29,36,38-42,45-46,59,70-71H,4,7,10,15-21,25,55H2,1-3H3,(H2,56,72)(H,57,61)(H,58,62)(H,60,75)(H,63,74)(H,64,77)(H,65,76)(H,66,79)(H,67,73)(H,68,78)(H,81,82)/t28-,29+,36-,38-,39-,40-,41-,42-,45-,46-/m0/s1. The van der Waals surface area contributed by atoms with Crippen LogP contribution >= 0.6 is 0 Å². The fraction of sp³-hybridized carbons (Fsp3) is 0.444. The summed E-state index contributed by atoms with van der Waals surface area (Å²) in [6.07, 6.45) is 5.72. The van der Waals surface area contributed by atoms with Crippen molar-refractivity contribution >= 4 is 70.0 Å². The molecule has 9 amide bonds. The van der Waals surface area contributed by atoms with Crippen molar-refractivity contribution < 1.29 is 63.3 Å². The first-order valence-electron chi connectivity index (χ1n) is 26.7. The van der Waals surface area contributed by atoms with Gasteiger partial charge in [-0.05, 0) is 61.4 Å². The predicted molar refractivity (Wildman–Crippen MR) is 293 cm³/mol. The van der Waals surface area contributed by atoms with E-state index in [1.807, 2.05) is 18.2 Å². The number of H-pyrrole nitrogens is 3. The number of benzene rings is 2. The van der Waals surface area contributed by atoms with Gasteiger partial charge in [-0.3, -0.25) is 43.2 Å². The van der Waals surface area contributed by atoms with Gasteiger partial charge < -0.3 is 83.9 Å². The molecule has 1 saturated heterocycles. The van der Waals surface area contributed by atoms with E-state index in [0.717, 1.165) is 10.9 Å². The van der Waals surface area contributed by atoms with Gasteiger partial charge in [-0.2, -0.15) is 0 Å². The van der Waals surface area contributed by atoms with Crippen LogP contribution in [0, 0.1) is 5.92 Å². The van der Waals surface area contributed by atoms with Crippen LogP contribution in [0.2, 0.25) is 0 Å². The Balaban J connectivity index is 1.16. The monoisotopic (exact) mass is 1140 g/mol. The van der Waals surface area contributed by atoms with Gasteiger partial charge in [0.1, 0.15) is 42.0 Å². The van der Waals surface area contributed by atoms with Crippen LogP contribution in [0.25, 0.3) is 10.9 Å². The molecule has 0 unspecified atom stereocenters. The minimum absolute atomic E-state index is 0.0812. The summed E-state index contributed by atoms with van der Waals surface area (Å²) in [7, 11) is 0. The van der Waals surface area contributed by atoms with Gasteiger partial charge in [-0.15, -0.1) is 0 Å². The van der Waals surface area contributed by atoms with E-state index in [0.29, 0.717) is 35.4 Å². The van der Waals surface area contributed by atoms with E-state index in [1.165, 1.54) is 61.1 Å². The second kappa shape index (κ2) is 29.3. The Bertz CT molecular complexity index is 3020. The smallest absolute Gasteiger partial charge is 0.328 e. The van der Waals surface area contributed by atoms with Gasteiger partial charge in [0.05, 0.1) is 31.3 Å². The van der Waals surface area contributed by atoms with Gasteiger partial charge in [0.2, 0.25) is 53.2 Å². The number of carbonyl (C=O) groups is 10. The highest BCUT2D eigenvalue weighted by Gasteiger charge is 2.41. The molecular weight excluding hydrogens is 1070 g/mol. The lowest BCUT2D eigenvalue weighted by Crippen LogP contribution is -2.60. The lowest BCUT2D eigenvalue weighted by Gasteiger charge is -2.32. The Morgan fingerprint density at radius 2 is 1.30 bits per heavy atom. The number of carboxylic acids is 1. The molecule has 1 aliphatic heterocycles. The zero-order valence-electron chi connectivity index (χ0n) is 45.5. The van der Waals surface area contributed by atoms with E-state index >= 15 is 0 Å². The van der Waals surface area contributed by atoms with Crippen LogP contribution in [0.3, 0.4) is 0 Å². The van der Waals surface area contributed by atoms with Crippen molar-refractivity contribution in [3.8, 4) is 5.75 Å². The fourth-order valence-corrected chi connectivity index (χ4v) is 9.30. The molecule has 1 aliphatic rings. The lowest BCUT2D eigenvalue weighted by atomic mass is 9.97. The number of aliphatic hydroxyl groups excluding tert-OH is 1. The number of hydrogen-bond donors (Lipinski definition) is 15. The largest absolute Gasteiger partial charge is 0.508 e. The molecule has 10 atom stereocenters. The average Bonchev–Trinajstić information content (AvgIpc) is 4.39. The summed E-state index contributed by atoms with van der Waals surface area (Å²) in [5, 5.41) is 48.8. The van der Waals surface area contributed by atoms with Crippen molar-refractivity contribution in [3.63, 3.8) is 0 Å². The van der Waals surface area contributed by atoms with Gasteiger partial charge in [0.15, 0.2) is 6.04 Å². The summed E-state index contributed by atoms with van der Waals surface area (Å²) in [5.74, 6) is -9.20. The van der Waals surface area contributed by atoms with Crippen molar-refractivity contribution in [1.82, 2.24) is 67.0 Å². The SMILES string of the molecule is CC[C@H](C)[C@H](NC(=O)CNC(=O)[C@H](Cc1ccc(O)cc1)NC(=O)[C@H](Cc1cnc[nH]1)NC(=O)[C@H](Cc1cnc[nH]1)NC(=O)[C@@H](N)CCC(N)=O)C(=O)N1CCC[C@H]1C(=O)N[C@@H](Cc1c[nH]c2ccccc12)C(=O)N[C@H](C(=O)O)[C@@H](C)O. The molecule has 82 heavy (non-hydrogen) atoms. The second-order valence-corrected chi connectivity index (χ2v) is 20.3. The Hall–Kier alpha value is -9.18. The molecule has 6 rings (SSSR count). The Morgan fingerprint density at radius 3 is 1.88 bits per heavy atom. The number of aromatic amines is 3. The molecule has 28 nitrogen and oxygen atoms in total. The van der Waals surface area contributed by atoms with Crippen LogP contribution in [0.1, 0.15) is 75.4 Å². The van der Waals surface area contributed by atoms with E-state index in [9.17, 15) is 63.3 Å². The first-order valence-corrected chi connectivity index (χ1v) is 26.7. The van der Waals surface area contributed by atoms with Crippen LogP contribution in [-0.4, -0.2) is 172 Å². The number of aromatic hydroxyl groups is 1. The lowest BCUT2D eigenvalue weighted by molar-refractivity contribution is -0.146. The number of nitrogens with two attached hydrogens (primary N) is 2. The second-order valence-electron chi connectivity index (χ2n) is 20.3. The number of primary amides is 1. The number of carbonyl (C=O) groups excluding carboxylic acids is 9. The maximum atomic E-state index is 14.5. The normalized spacial score (nSPS) is 16.4. The summed E-state index contributed by atoms with van der Waals surface area (Å²) in [6, 6.07) is 2.13.